The quantitative estimate of drug-likeness (QED) is 0.693. The summed E-state index contributed by atoms with van der Waals surface area (Å²) in [5.41, 5.74) is 1.03. The predicted molar refractivity (Wildman–Crippen MR) is 95.9 cm³/mol. The minimum absolute atomic E-state index is 0.0283. The van der Waals surface area contributed by atoms with E-state index in [1.54, 1.807) is 0 Å². The molecule has 0 radical (unpaired) electrons. The van der Waals surface area contributed by atoms with E-state index in [4.69, 9.17) is 16.6 Å². The van der Waals surface area contributed by atoms with E-state index in [1.165, 1.54) is 11.3 Å². The summed E-state index contributed by atoms with van der Waals surface area (Å²) in [5.74, 6) is 1.63. The Hall–Kier alpha value is -0.400. The molecule has 0 aromatic carbocycles. The summed E-state index contributed by atoms with van der Waals surface area (Å²) in [5, 5.41) is 3.32. The van der Waals surface area contributed by atoms with Crippen molar-refractivity contribution in [3.63, 3.8) is 0 Å². The van der Waals surface area contributed by atoms with Gasteiger partial charge in [-0.05, 0) is 41.6 Å². The Bertz CT molecular complexity index is 619. The molecule has 108 valence electrons. The molecule has 0 atom stereocenters. The maximum atomic E-state index is 6.02. The Kier molecular flexibility index (Phi) is 4.92. The highest BCUT2D eigenvalue weighted by molar-refractivity contribution is 14.1. The minimum Gasteiger partial charge on any atom is -0.369 e. The normalized spacial score (nSPS) is 11.7. The number of aromatic nitrogens is 2. The van der Waals surface area contributed by atoms with Gasteiger partial charge in [-0.1, -0.05) is 32.4 Å². The van der Waals surface area contributed by atoms with Gasteiger partial charge in [0.25, 0.3) is 0 Å². The summed E-state index contributed by atoms with van der Waals surface area (Å²) in [7, 11) is 0. The maximum absolute atomic E-state index is 6.02. The van der Waals surface area contributed by atoms with Crippen LogP contribution in [-0.4, -0.2) is 16.5 Å². The molecule has 2 rings (SSSR count). The van der Waals surface area contributed by atoms with Crippen LogP contribution in [0.15, 0.2) is 12.1 Å². The van der Waals surface area contributed by atoms with E-state index in [-0.39, 0.29) is 5.41 Å². The molecule has 3 nitrogen and oxygen atoms in total. The second-order valence-corrected chi connectivity index (χ2v) is 8.24. The average molecular weight is 422 g/mol. The molecule has 2 heterocycles. The van der Waals surface area contributed by atoms with E-state index in [1.807, 2.05) is 12.1 Å². The van der Waals surface area contributed by atoms with Crippen molar-refractivity contribution in [2.45, 2.75) is 33.1 Å². The topological polar surface area (TPSA) is 37.8 Å². The molecule has 1 N–H and O–H groups in total. The number of hydrogen-bond donors (Lipinski definition) is 1. The van der Waals surface area contributed by atoms with Crippen molar-refractivity contribution in [3.05, 3.63) is 25.7 Å². The lowest BCUT2D eigenvalue weighted by Gasteiger charge is -2.21. The van der Waals surface area contributed by atoms with Crippen molar-refractivity contribution in [3.8, 4) is 10.7 Å². The van der Waals surface area contributed by atoms with E-state index < -0.39 is 0 Å². The molecule has 2 aromatic heterocycles. The van der Waals surface area contributed by atoms with Crippen LogP contribution in [0.4, 0.5) is 5.82 Å². The van der Waals surface area contributed by atoms with Crippen molar-refractivity contribution in [1.29, 1.82) is 0 Å². The molecule has 0 bridgehead atoms. The number of nitrogens with one attached hydrogen (secondary N) is 1. The first kappa shape index (κ1) is 16.0. The van der Waals surface area contributed by atoms with E-state index in [9.17, 15) is 0 Å². The Morgan fingerprint density at radius 1 is 1.30 bits per heavy atom. The maximum Gasteiger partial charge on any atom is 0.172 e. The van der Waals surface area contributed by atoms with E-state index >= 15 is 0 Å². The zero-order valence-electron chi connectivity index (χ0n) is 11.9. The van der Waals surface area contributed by atoms with Crippen LogP contribution in [0, 0.1) is 3.57 Å². The summed E-state index contributed by atoms with van der Waals surface area (Å²) in [4.78, 5) is 10.4. The lowest BCUT2D eigenvalue weighted by atomic mass is 9.92. The molecular formula is C14H17ClIN3S. The van der Waals surface area contributed by atoms with Crippen molar-refractivity contribution >= 4 is 51.3 Å². The highest BCUT2D eigenvalue weighted by Crippen LogP contribution is 2.34. The fraction of sp³-hybridized carbons (Fsp3) is 0.429. The molecule has 20 heavy (non-hydrogen) atoms. The van der Waals surface area contributed by atoms with Gasteiger partial charge in [0.1, 0.15) is 5.82 Å². The standard InChI is InChI=1S/C14H17ClIN3S/c1-5-17-13-10(16)11(14(2,3)4)18-12(19-13)8-6-7-9(15)20-8/h6-7H,5H2,1-4H3,(H,17,18,19). The van der Waals surface area contributed by atoms with Crippen LogP contribution in [0.2, 0.25) is 4.34 Å². The van der Waals surface area contributed by atoms with Gasteiger partial charge in [-0.25, -0.2) is 9.97 Å². The van der Waals surface area contributed by atoms with Crippen LogP contribution in [0.3, 0.4) is 0 Å². The van der Waals surface area contributed by atoms with Crippen LogP contribution < -0.4 is 5.32 Å². The fourth-order valence-corrected chi connectivity index (χ4v) is 3.99. The first-order chi connectivity index (χ1) is 9.32. The van der Waals surface area contributed by atoms with Gasteiger partial charge in [0.2, 0.25) is 0 Å². The SMILES string of the molecule is CCNc1nc(-c2ccc(Cl)s2)nc(C(C)(C)C)c1I. The Balaban J connectivity index is 2.61. The van der Waals surface area contributed by atoms with Gasteiger partial charge in [0.15, 0.2) is 5.82 Å². The molecule has 0 amide bonds. The van der Waals surface area contributed by atoms with Gasteiger partial charge in [0.05, 0.1) is 18.5 Å². The second kappa shape index (κ2) is 6.15. The number of halogens is 2. The zero-order valence-corrected chi connectivity index (χ0v) is 15.7. The molecule has 2 aromatic rings. The molecule has 0 saturated heterocycles. The number of thiophene rings is 1. The number of anilines is 1. The zero-order chi connectivity index (χ0) is 14.9. The van der Waals surface area contributed by atoms with Gasteiger partial charge in [-0.3, -0.25) is 0 Å². The highest BCUT2D eigenvalue weighted by atomic mass is 127. The van der Waals surface area contributed by atoms with Crippen molar-refractivity contribution in [1.82, 2.24) is 9.97 Å². The molecule has 0 saturated carbocycles. The Labute approximate surface area is 142 Å². The molecule has 0 aliphatic rings. The smallest absolute Gasteiger partial charge is 0.172 e. The van der Waals surface area contributed by atoms with Crippen LogP contribution in [-0.2, 0) is 5.41 Å². The van der Waals surface area contributed by atoms with Crippen molar-refractivity contribution < 1.29 is 0 Å². The number of hydrogen-bond acceptors (Lipinski definition) is 4. The first-order valence-corrected chi connectivity index (χ1v) is 8.68. The lowest BCUT2D eigenvalue weighted by Crippen LogP contribution is -2.18. The van der Waals surface area contributed by atoms with Crippen LogP contribution >= 0.6 is 45.5 Å². The second-order valence-electron chi connectivity index (χ2n) is 5.44. The number of rotatable bonds is 3. The number of nitrogens with zero attached hydrogens (tertiary/aromatic N) is 2. The minimum atomic E-state index is -0.0283. The van der Waals surface area contributed by atoms with E-state index in [2.05, 4.69) is 60.6 Å². The van der Waals surface area contributed by atoms with Crippen LogP contribution in [0.1, 0.15) is 33.4 Å². The summed E-state index contributed by atoms with van der Waals surface area (Å²) < 4.78 is 1.84. The third-order valence-corrected chi connectivity index (χ3v) is 4.95. The van der Waals surface area contributed by atoms with E-state index in [0.717, 1.165) is 36.7 Å². The summed E-state index contributed by atoms with van der Waals surface area (Å²) >= 11 is 9.84. The molecule has 6 heteroatoms. The molecule has 0 aliphatic carbocycles. The van der Waals surface area contributed by atoms with Crippen LogP contribution in [0.5, 0.6) is 0 Å². The van der Waals surface area contributed by atoms with Gasteiger partial charge in [-0.15, -0.1) is 11.3 Å². The Morgan fingerprint density at radius 2 is 2.00 bits per heavy atom. The van der Waals surface area contributed by atoms with Gasteiger partial charge in [-0.2, -0.15) is 0 Å². The summed E-state index contributed by atoms with van der Waals surface area (Å²) in [6.07, 6.45) is 0. The largest absolute Gasteiger partial charge is 0.369 e. The third kappa shape index (κ3) is 3.43. The van der Waals surface area contributed by atoms with Gasteiger partial charge < -0.3 is 5.32 Å². The molecule has 0 spiro atoms. The van der Waals surface area contributed by atoms with E-state index in [0.29, 0.717) is 0 Å². The summed E-state index contributed by atoms with van der Waals surface area (Å²) in [6.45, 7) is 9.40. The first-order valence-electron chi connectivity index (χ1n) is 6.40. The molecule has 0 unspecified atom stereocenters. The van der Waals surface area contributed by atoms with Crippen molar-refractivity contribution in [2.24, 2.45) is 0 Å². The average Bonchev–Trinajstić information content (AvgIpc) is 2.77. The van der Waals surface area contributed by atoms with Crippen LogP contribution in [0.25, 0.3) is 10.7 Å². The third-order valence-electron chi connectivity index (χ3n) is 2.70. The molecule has 0 aliphatic heterocycles. The molecular weight excluding hydrogens is 405 g/mol. The lowest BCUT2D eigenvalue weighted by molar-refractivity contribution is 0.564. The van der Waals surface area contributed by atoms with Gasteiger partial charge in [0, 0.05) is 12.0 Å². The monoisotopic (exact) mass is 421 g/mol. The molecule has 0 fully saturated rings. The van der Waals surface area contributed by atoms with Crippen molar-refractivity contribution in [2.75, 3.05) is 11.9 Å². The van der Waals surface area contributed by atoms with Gasteiger partial charge >= 0.3 is 0 Å². The summed E-state index contributed by atoms with van der Waals surface area (Å²) in [6, 6.07) is 3.85. The fourth-order valence-electron chi connectivity index (χ4n) is 1.77. The highest BCUT2D eigenvalue weighted by Gasteiger charge is 2.23. The predicted octanol–water partition coefficient (Wildman–Crippen LogP) is 5.19. The Morgan fingerprint density at radius 3 is 2.50 bits per heavy atom.